The second-order valence-corrected chi connectivity index (χ2v) is 5.56. The zero-order chi connectivity index (χ0) is 14.5. The Morgan fingerprint density at radius 3 is 2.80 bits per heavy atom. The molecule has 0 fully saturated rings. The molecule has 5 heteroatoms. The summed E-state index contributed by atoms with van der Waals surface area (Å²) >= 11 is 3.42. The topological polar surface area (TPSA) is 59.2 Å². The van der Waals surface area contributed by atoms with E-state index in [-0.39, 0.29) is 12.3 Å². The van der Waals surface area contributed by atoms with Crippen LogP contribution in [0.5, 0.6) is 0 Å². The summed E-state index contributed by atoms with van der Waals surface area (Å²) in [6.07, 6.45) is 1.85. The fraction of sp³-hybridized carbons (Fsp3) is 0.200. The van der Waals surface area contributed by atoms with Crippen molar-refractivity contribution in [2.24, 2.45) is 0 Å². The number of aromatic nitrogens is 1. The van der Waals surface area contributed by atoms with Gasteiger partial charge in [0, 0.05) is 23.8 Å². The third-order valence-corrected chi connectivity index (χ3v) is 3.41. The molecule has 0 atom stereocenters. The highest BCUT2D eigenvalue weighted by atomic mass is 79.9. The third-order valence-electron chi connectivity index (χ3n) is 2.91. The van der Waals surface area contributed by atoms with Gasteiger partial charge in [0.2, 0.25) is 5.91 Å². The molecule has 4 nitrogen and oxygen atoms in total. The second-order valence-electron chi connectivity index (χ2n) is 4.64. The van der Waals surface area contributed by atoms with Crippen molar-refractivity contribution < 1.29 is 4.79 Å². The van der Waals surface area contributed by atoms with Gasteiger partial charge >= 0.3 is 0 Å². The van der Waals surface area contributed by atoms with E-state index in [0.717, 1.165) is 15.7 Å². The predicted octanol–water partition coefficient (Wildman–Crippen LogP) is 2.63. The number of amides is 1. The maximum atomic E-state index is 12.1. The van der Waals surface area contributed by atoms with Crippen molar-refractivity contribution in [1.82, 2.24) is 9.88 Å². The van der Waals surface area contributed by atoms with E-state index in [0.29, 0.717) is 12.2 Å². The van der Waals surface area contributed by atoms with E-state index < -0.39 is 0 Å². The fourth-order valence-electron chi connectivity index (χ4n) is 1.83. The van der Waals surface area contributed by atoms with Gasteiger partial charge in [-0.2, -0.15) is 0 Å². The fourth-order valence-corrected chi connectivity index (χ4v) is 2.27. The van der Waals surface area contributed by atoms with Crippen LogP contribution in [0.3, 0.4) is 0 Å². The molecule has 0 radical (unpaired) electrons. The SMILES string of the molecule is CN(Cc1cccc(Br)c1)C(=O)Cc1ccc(N)cn1. The van der Waals surface area contributed by atoms with E-state index in [1.807, 2.05) is 24.3 Å². The highest BCUT2D eigenvalue weighted by Crippen LogP contribution is 2.13. The van der Waals surface area contributed by atoms with Gasteiger partial charge in [-0.3, -0.25) is 9.78 Å². The van der Waals surface area contributed by atoms with Gasteiger partial charge < -0.3 is 10.6 Å². The van der Waals surface area contributed by atoms with Gasteiger partial charge in [0.1, 0.15) is 0 Å². The lowest BCUT2D eigenvalue weighted by molar-refractivity contribution is -0.129. The van der Waals surface area contributed by atoms with E-state index in [4.69, 9.17) is 5.73 Å². The van der Waals surface area contributed by atoms with Crippen LogP contribution in [0.15, 0.2) is 47.1 Å². The molecule has 1 amide bonds. The van der Waals surface area contributed by atoms with Crippen LogP contribution in [0.1, 0.15) is 11.3 Å². The maximum absolute atomic E-state index is 12.1. The molecule has 0 aliphatic carbocycles. The minimum atomic E-state index is 0.0299. The van der Waals surface area contributed by atoms with Gasteiger partial charge in [0.25, 0.3) is 0 Å². The minimum Gasteiger partial charge on any atom is -0.397 e. The molecule has 1 heterocycles. The van der Waals surface area contributed by atoms with Crippen LogP contribution in [0.4, 0.5) is 5.69 Å². The number of anilines is 1. The number of rotatable bonds is 4. The average Bonchev–Trinajstić information content (AvgIpc) is 2.41. The number of nitrogens with zero attached hydrogens (tertiary/aromatic N) is 2. The summed E-state index contributed by atoms with van der Waals surface area (Å²) in [4.78, 5) is 18.0. The van der Waals surface area contributed by atoms with Crippen molar-refractivity contribution in [2.75, 3.05) is 12.8 Å². The average molecular weight is 334 g/mol. The molecule has 20 heavy (non-hydrogen) atoms. The third kappa shape index (κ3) is 4.06. The molecule has 0 saturated carbocycles. The number of nitrogens with two attached hydrogens (primary N) is 1. The van der Waals surface area contributed by atoms with Crippen LogP contribution in [-0.4, -0.2) is 22.8 Å². The molecule has 1 aromatic carbocycles. The Hall–Kier alpha value is -1.88. The maximum Gasteiger partial charge on any atom is 0.228 e. The number of carbonyl (C=O) groups excluding carboxylic acids is 1. The number of nitrogen functional groups attached to an aromatic ring is 1. The van der Waals surface area contributed by atoms with E-state index >= 15 is 0 Å². The van der Waals surface area contributed by atoms with Crippen molar-refractivity contribution in [3.63, 3.8) is 0 Å². The normalized spacial score (nSPS) is 10.3. The van der Waals surface area contributed by atoms with Gasteiger partial charge in [-0.25, -0.2) is 0 Å². The molecule has 0 spiro atoms. The molecule has 104 valence electrons. The van der Waals surface area contributed by atoms with Crippen molar-refractivity contribution in [1.29, 1.82) is 0 Å². The highest BCUT2D eigenvalue weighted by molar-refractivity contribution is 9.10. The lowest BCUT2D eigenvalue weighted by atomic mass is 10.2. The number of hydrogen-bond acceptors (Lipinski definition) is 3. The number of carbonyl (C=O) groups is 1. The van der Waals surface area contributed by atoms with Crippen molar-refractivity contribution in [3.05, 3.63) is 58.3 Å². The van der Waals surface area contributed by atoms with E-state index in [9.17, 15) is 4.79 Å². The lowest BCUT2D eigenvalue weighted by Gasteiger charge is -2.17. The largest absolute Gasteiger partial charge is 0.397 e. The summed E-state index contributed by atoms with van der Waals surface area (Å²) in [6.45, 7) is 0.577. The first kappa shape index (κ1) is 14.5. The highest BCUT2D eigenvalue weighted by Gasteiger charge is 2.11. The van der Waals surface area contributed by atoms with Gasteiger partial charge in [-0.05, 0) is 29.8 Å². The number of halogens is 1. The first-order valence-electron chi connectivity index (χ1n) is 6.23. The molecule has 1 aromatic heterocycles. The molecule has 0 aliphatic rings. The molecular weight excluding hydrogens is 318 g/mol. The Balaban J connectivity index is 1.96. The smallest absolute Gasteiger partial charge is 0.228 e. The van der Waals surface area contributed by atoms with E-state index in [1.54, 1.807) is 30.3 Å². The van der Waals surface area contributed by atoms with Crippen LogP contribution in [0.2, 0.25) is 0 Å². The number of pyridine rings is 1. The standard InChI is InChI=1S/C15H16BrN3O/c1-19(10-11-3-2-4-12(16)7-11)15(20)8-14-6-5-13(17)9-18-14/h2-7,9H,8,10,17H2,1H3. The van der Waals surface area contributed by atoms with Gasteiger partial charge in [-0.1, -0.05) is 28.1 Å². The van der Waals surface area contributed by atoms with E-state index in [1.165, 1.54) is 0 Å². The summed E-state index contributed by atoms with van der Waals surface area (Å²) < 4.78 is 1.01. The lowest BCUT2D eigenvalue weighted by Crippen LogP contribution is -2.28. The molecule has 0 unspecified atom stereocenters. The van der Waals surface area contributed by atoms with Crippen LogP contribution < -0.4 is 5.73 Å². The molecule has 2 N–H and O–H groups in total. The monoisotopic (exact) mass is 333 g/mol. The van der Waals surface area contributed by atoms with Crippen molar-refractivity contribution >= 4 is 27.5 Å². The summed E-state index contributed by atoms with van der Waals surface area (Å²) in [5.74, 6) is 0.0299. The van der Waals surface area contributed by atoms with E-state index in [2.05, 4.69) is 20.9 Å². The van der Waals surface area contributed by atoms with Gasteiger partial charge in [-0.15, -0.1) is 0 Å². The molecule has 2 rings (SSSR count). The summed E-state index contributed by atoms with van der Waals surface area (Å²) in [5.41, 5.74) is 7.98. The van der Waals surface area contributed by atoms with Gasteiger partial charge in [0.15, 0.2) is 0 Å². The molecule has 0 aliphatic heterocycles. The molecule has 0 saturated heterocycles. The summed E-state index contributed by atoms with van der Waals surface area (Å²) in [6, 6.07) is 11.5. The predicted molar refractivity (Wildman–Crippen MR) is 83.0 cm³/mol. The number of likely N-dealkylation sites (N-methyl/N-ethyl adjacent to an activating group) is 1. The zero-order valence-electron chi connectivity index (χ0n) is 11.2. The molecule has 2 aromatic rings. The van der Waals surface area contributed by atoms with Gasteiger partial charge in [0.05, 0.1) is 18.3 Å². The zero-order valence-corrected chi connectivity index (χ0v) is 12.8. The second kappa shape index (κ2) is 6.52. The number of benzene rings is 1. The first-order chi connectivity index (χ1) is 9.54. The summed E-state index contributed by atoms with van der Waals surface area (Å²) in [7, 11) is 1.79. The first-order valence-corrected chi connectivity index (χ1v) is 7.03. The Labute approximate surface area is 126 Å². The molecular formula is C15H16BrN3O. The van der Waals surface area contributed by atoms with Crippen LogP contribution >= 0.6 is 15.9 Å². The minimum absolute atomic E-state index is 0.0299. The Bertz CT molecular complexity index is 598. The van der Waals surface area contributed by atoms with Crippen LogP contribution in [-0.2, 0) is 17.8 Å². The van der Waals surface area contributed by atoms with Crippen molar-refractivity contribution in [2.45, 2.75) is 13.0 Å². The summed E-state index contributed by atoms with van der Waals surface area (Å²) in [5, 5.41) is 0. The van der Waals surface area contributed by atoms with Crippen LogP contribution in [0.25, 0.3) is 0 Å². The molecule has 0 bridgehead atoms. The number of hydrogen-bond donors (Lipinski definition) is 1. The Kier molecular flexibility index (Phi) is 4.74. The quantitative estimate of drug-likeness (QED) is 0.935. The van der Waals surface area contributed by atoms with Crippen molar-refractivity contribution in [3.8, 4) is 0 Å². The Morgan fingerprint density at radius 2 is 2.15 bits per heavy atom. The Morgan fingerprint density at radius 1 is 1.35 bits per heavy atom. The van der Waals surface area contributed by atoms with Crippen LogP contribution in [0, 0.1) is 0 Å².